The molecule has 0 saturated heterocycles. The molecule has 2 amide bonds. The van der Waals surface area contributed by atoms with Crippen molar-refractivity contribution in [2.24, 2.45) is 0 Å². The van der Waals surface area contributed by atoms with E-state index >= 15 is 0 Å². The zero-order valence-electron chi connectivity index (χ0n) is 14.2. The number of amides is 2. The number of rotatable bonds is 3. The number of para-hydroxylation sites is 1. The number of aryl methyl sites for hydroxylation is 1. The molecule has 0 atom stereocenters. The third-order valence-electron chi connectivity index (χ3n) is 4.66. The van der Waals surface area contributed by atoms with Gasteiger partial charge in [0.2, 0.25) is 0 Å². The van der Waals surface area contributed by atoms with E-state index in [1.165, 1.54) is 5.56 Å². The van der Waals surface area contributed by atoms with Gasteiger partial charge in [0.1, 0.15) is 0 Å². The molecular weight excluding hydrogens is 320 g/mol. The first kappa shape index (κ1) is 16.8. The Hall–Kier alpha value is -2.00. The fraction of sp³-hybridized carbons (Fsp3) is 0.350. The second-order valence-corrected chi connectivity index (χ2v) is 7.37. The Kier molecular flexibility index (Phi) is 4.81. The molecule has 0 saturated carbocycles. The predicted octanol–water partition coefficient (Wildman–Crippen LogP) is 4.78. The molecule has 0 unspecified atom stereocenters. The minimum atomic E-state index is -0.157. The van der Waals surface area contributed by atoms with Crippen molar-refractivity contribution in [1.82, 2.24) is 5.32 Å². The summed E-state index contributed by atoms with van der Waals surface area (Å²) in [7, 11) is 0. The zero-order chi connectivity index (χ0) is 17.2. The van der Waals surface area contributed by atoms with E-state index in [1.807, 2.05) is 47.4 Å². The van der Waals surface area contributed by atoms with Crippen LogP contribution in [-0.4, -0.2) is 19.1 Å². The number of hydrogen-bond donors (Lipinski definition) is 1. The quantitative estimate of drug-likeness (QED) is 0.855. The first-order valence-electron chi connectivity index (χ1n) is 8.37. The first-order chi connectivity index (χ1) is 11.5. The van der Waals surface area contributed by atoms with Gasteiger partial charge in [-0.15, -0.1) is 0 Å². The molecule has 0 spiro atoms. The Bertz CT molecular complexity index is 725. The molecule has 3 nitrogen and oxygen atoms in total. The summed E-state index contributed by atoms with van der Waals surface area (Å²) < 4.78 is 0. The van der Waals surface area contributed by atoms with Crippen molar-refractivity contribution in [3.63, 3.8) is 0 Å². The molecule has 0 aromatic heterocycles. The van der Waals surface area contributed by atoms with E-state index in [-0.39, 0.29) is 11.4 Å². The first-order valence-corrected chi connectivity index (χ1v) is 8.74. The van der Waals surface area contributed by atoms with Crippen molar-refractivity contribution in [2.75, 3.05) is 18.0 Å². The molecule has 4 heteroatoms. The summed E-state index contributed by atoms with van der Waals surface area (Å²) in [4.78, 5) is 14.5. The number of anilines is 1. The molecule has 24 heavy (non-hydrogen) atoms. The van der Waals surface area contributed by atoms with Gasteiger partial charge in [-0.25, -0.2) is 4.79 Å². The average Bonchev–Trinajstić information content (AvgIpc) is 2.59. The van der Waals surface area contributed by atoms with E-state index in [0.717, 1.165) is 35.7 Å². The Morgan fingerprint density at radius 2 is 1.88 bits per heavy atom. The third kappa shape index (κ3) is 3.57. The molecule has 1 aliphatic heterocycles. The van der Waals surface area contributed by atoms with Crippen molar-refractivity contribution < 1.29 is 4.79 Å². The van der Waals surface area contributed by atoms with Gasteiger partial charge in [-0.05, 0) is 42.2 Å². The number of urea groups is 1. The Balaban J connectivity index is 1.68. The minimum absolute atomic E-state index is 0.0239. The van der Waals surface area contributed by atoms with Gasteiger partial charge in [-0.1, -0.05) is 55.8 Å². The highest BCUT2D eigenvalue weighted by atomic mass is 35.5. The maximum Gasteiger partial charge on any atom is 0.321 e. The lowest BCUT2D eigenvalue weighted by atomic mass is 9.84. The van der Waals surface area contributed by atoms with Crippen LogP contribution in [0.25, 0.3) is 0 Å². The van der Waals surface area contributed by atoms with Crippen molar-refractivity contribution >= 4 is 23.3 Å². The number of benzene rings is 2. The van der Waals surface area contributed by atoms with Crippen LogP contribution in [0.3, 0.4) is 0 Å². The van der Waals surface area contributed by atoms with Crippen LogP contribution in [-0.2, 0) is 11.8 Å². The summed E-state index contributed by atoms with van der Waals surface area (Å²) in [5.41, 5.74) is 3.28. The fourth-order valence-corrected chi connectivity index (χ4v) is 3.27. The van der Waals surface area contributed by atoms with E-state index in [4.69, 9.17) is 11.6 Å². The maximum atomic E-state index is 12.7. The largest absolute Gasteiger partial charge is 0.337 e. The lowest BCUT2D eigenvalue weighted by molar-refractivity contribution is 0.243. The number of carbonyl (C=O) groups is 1. The van der Waals surface area contributed by atoms with Gasteiger partial charge in [-0.3, -0.25) is 4.90 Å². The average molecular weight is 343 g/mol. The molecule has 0 aliphatic carbocycles. The molecule has 1 aliphatic rings. The van der Waals surface area contributed by atoms with E-state index in [0.29, 0.717) is 6.54 Å². The second-order valence-electron chi connectivity index (χ2n) is 6.93. The fourth-order valence-electron chi connectivity index (χ4n) is 3.14. The smallest absolute Gasteiger partial charge is 0.321 e. The summed E-state index contributed by atoms with van der Waals surface area (Å²) in [6.07, 6.45) is 2.04. The van der Waals surface area contributed by atoms with Crippen molar-refractivity contribution in [3.05, 3.63) is 64.7 Å². The lowest BCUT2D eigenvalue weighted by Gasteiger charge is -2.32. The van der Waals surface area contributed by atoms with E-state index in [1.54, 1.807) is 0 Å². The Labute approximate surface area is 148 Å². The van der Waals surface area contributed by atoms with Crippen LogP contribution in [0.5, 0.6) is 0 Å². The molecule has 2 aromatic rings. The molecule has 2 aromatic carbocycles. The Morgan fingerprint density at radius 3 is 2.62 bits per heavy atom. The summed E-state index contributed by atoms with van der Waals surface area (Å²) in [5, 5.41) is 3.83. The van der Waals surface area contributed by atoms with Gasteiger partial charge >= 0.3 is 6.03 Å². The van der Waals surface area contributed by atoms with Crippen molar-refractivity contribution in [2.45, 2.75) is 32.1 Å². The van der Waals surface area contributed by atoms with Crippen LogP contribution in [0.4, 0.5) is 10.5 Å². The summed E-state index contributed by atoms with van der Waals surface area (Å²) in [5.74, 6) is 0. The molecule has 0 bridgehead atoms. The zero-order valence-corrected chi connectivity index (χ0v) is 14.9. The van der Waals surface area contributed by atoms with Crippen molar-refractivity contribution in [3.8, 4) is 0 Å². The van der Waals surface area contributed by atoms with Gasteiger partial charge in [0.25, 0.3) is 0 Å². The summed E-state index contributed by atoms with van der Waals surface area (Å²) in [6.45, 7) is 5.59. The van der Waals surface area contributed by atoms with E-state index in [2.05, 4.69) is 25.2 Å². The number of halogens is 1. The highest BCUT2D eigenvalue weighted by molar-refractivity contribution is 6.30. The molecule has 0 fully saturated rings. The molecule has 1 N–H and O–H groups in total. The van der Waals surface area contributed by atoms with Crippen LogP contribution in [0.1, 0.15) is 31.4 Å². The number of fused-ring (bicyclic) bond motifs is 1. The van der Waals surface area contributed by atoms with Crippen molar-refractivity contribution in [1.29, 1.82) is 0 Å². The Morgan fingerprint density at radius 1 is 1.17 bits per heavy atom. The molecule has 3 rings (SSSR count). The third-order valence-corrected chi connectivity index (χ3v) is 4.91. The van der Waals surface area contributed by atoms with Crippen LogP contribution in [0, 0.1) is 0 Å². The van der Waals surface area contributed by atoms with Gasteiger partial charge < -0.3 is 5.32 Å². The molecule has 126 valence electrons. The summed E-state index contributed by atoms with van der Waals surface area (Å²) >= 11 is 5.96. The van der Waals surface area contributed by atoms with Gasteiger partial charge in [-0.2, -0.15) is 0 Å². The summed E-state index contributed by atoms with van der Waals surface area (Å²) in [6, 6.07) is 15.9. The molecular formula is C20H23ClN2O. The van der Waals surface area contributed by atoms with E-state index in [9.17, 15) is 4.79 Å². The number of hydrogen-bond acceptors (Lipinski definition) is 1. The van der Waals surface area contributed by atoms with Crippen LogP contribution in [0.2, 0.25) is 5.02 Å². The number of nitrogens with zero attached hydrogens (tertiary/aromatic N) is 1. The van der Waals surface area contributed by atoms with Gasteiger partial charge in [0.05, 0.1) is 0 Å². The molecule has 1 heterocycles. The van der Waals surface area contributed by atoms with Gasteiger partial charge in [0, 0.05) is 29.2 Å². The number of carbonyl (C=O) groups excluding carboxylic acids is 1. The monoisotopic (exact) mass is 342 g/mol. The highest BCUT2D eigenvalue weighted by Crippen LogP contribution is 2.27. The van der Waals surface area contributed by atoms with Crippen LogP contribution in [0.15, 0.2) is 48.5 Å². The maximum absolute atomic E-state index is 12.7. The normalized spacial score (nSPS) is 14.2. The SMILES string of the molecule is CC(C)(CNC(=O)N1CCCc2ccccc21)c1ccc(Cl)cc1. The number of nitrogens with one attached hydrogen (secondary N) is 1. The highest BCUT2D eigenvalue weighted by Gasteiger charge is 2.25. The van der Waals surface area contributed by atoms with Crippen LogP contribution >= 0.6 is 11.6 Å². The van der Waals surface area contributed by atoms with Gasteiger partial charge in [0.15, 0.2) is 0 Å². The topological polar surface area (TPSA) is 32.3 Å². The van der Waals surface area contributed by atoms with Crippen LogP contribution < -0.4 is 10.2 Å². The predicted molar refractivity (Wildman–Crippen MR) is 100.0 cm³/mol. The minimum Gasteiger partial charge on any atom is -0.337 e. The standard InChI is InChI=1S/C20H23ClN2O/c1-20(2,16-9-11-17(21)12-10-16)14-22-19(24)23-13-5-7-15-6-3-4-8-18(15)23/h3-4,6,8-12H,5,7,13-14H2,1-2H3,(H,22,24). The lowest BCUT2D eigenvalue weighted by Crippen LogP contribution is -2.46. The molecule has 0 radical (unpaired) electrons. The van der Waals surface area contributed by atoms with E-state index < -0.39 is 0 Å². The second kappa shape index (κ2) is 6.86.